The molecule has 1 aromatic carbocycles. The van der Waals surface area contributed by atoms with Crippen molar-refractivity contribution in [1.82, 2.24) is 15.5 Å². The van der Waals surface area contributed by atoms with Crippen molar-refractivity contribution in [3.63, 3.8) is 0 Å². The molecular weight excluding hydrogens is 381 g/mol. The molecular formula is C21H35Cl2N3O. The number of nitrogens with zero attached hydrogens (tertiary/aromatic N) is 1. The Morgan fingerprint density at radius 2 is 1.85 bits per heavy atom. The first-order chi connectivity index (χ1) is 12.1. The van der Waals surface area contributed by atoms with Crippen LogP contribution in [0.4, 0.5) is 0 Å². The molecule has 0 radical (unpaired) electrons. The molecule has 2 aliphatic heterocycles. The Hall–Kier alpha value is -0.810. The highest BCUT2D eigenvalue weighted by Gasteiger charge is 2.28. The summed E-state index contributed by atoms with van der Waals surface area (Å²) in [4.78, 5) is 15.0. The molecule has 2 heterocycles. The largest absolute Gasteiger partial charge is 0.352 e. The maximum atomic E-state index is 12.6. The van der Waals surface area contributed by atoms with Gasteiger partial charge in [-0.1, -0.05) is 30.3 Å². The van der Waals surface area contributed by atoms with Gasteiger partial charge in [-0.3, -0.25) is 9.69 Å². The van der Waals surface area contributed by atoms with Crippen LogP contribution in [0.25, 0.3) is 0 Å². The van der Waals surface area contributed by atoms with Gasteiger partial charge in [0.15, 0.2) is 0 Å². The number of amides is 1. The minimum absolute atomic E-state index is 0. The Bertz CT molecular complexity index is 550. The molecule has 1 amide bonds. The molecule has 3 rings (SSSR count). The van der Waals surface area contributed by atoms with Gasteiger partial charge >= 0.3 is 0 Å². The SMILES string of the molecule is CC1CC(NC(=O)C(C)N2CCC(Cc3ccccc3)CC2)CCN1.Cl.Cl. The van der Waals surface area contributed by atoms with Gasteiger partial charge in [-0.05, 0) is 77.1 Å². The van der Waals surface area contributed by atoms with Crippen LogP contribution in [0.1, 0.15) is 45.1 Å². The molecule has 0 aliphatic carbocycles. The van der Waals surface area contributed by atoms with Crippen molar-refractivity contribution in [1.29, 1.82) is 0 Å². The highest BCUT2D eigenvalue weighted by molar-refractivity contribution is 5.85. The molecule has 4 nitrogen and oxygen atoms in total. The summed E-state index contributed by atoms with van der Waals surface area (Å²) in [6.45, 7) is 7.34. The van der Waals surface area contributed by atoms with Crippen LogP contribution >= 0.6 is 24.8 Å². The highest BCUT2D eigenvalue weighted by atomic mass is 35.5. The summed E-state index contributed by atoms with van der Waals surface area (Å²) in [6.07, 6.45) is 5.63. The Balaban J connectivity index is 0.00000182. The molecule has 27 heavy (non-hydrogen) atoms. The first-order valence-corrected chi connectivity index (χ1v) is 9.93. The van der Waals surface area contributed by atoms with Crippen LogP contribution in [0.15, 0.2) is 30.3 Å². The van der Waals surface area contributed by atoms with Crippen molar-refractivity contribution in [3.05, 3.63) is 35.9 Å². The summed E-state index contributed by atoms with van der Waals surface area (Å²) in [5.41, 5.74) is 1.44. The lowest BCUT2D eigenvalue weighted by Gasteiger charge is -2.36. The zero-order valence-electron chi connectivity index (χ0n) is 16.5. The fraction of sp³-hybridized carbons (Fsp3) is 0.667. The first-order valence-electron chi connectivity index (χ1n) is 9.93. The Morgan fingerprint density at radius 1 is 1.19 bits per heavy atom. The molecule has 0 bridgehead atoms. The predicted octanol–water partition coefficient (Wildman–Crippen LogP) is 3.43. The summed E-state index contributed by atoms with van der Waals surface area (Å²) in [5, 5.41) is 6.72. The van der Waals surface area contributed by atoms with E-state index in [-0.39, 0.29) is 36.8 Å². The van der Waals surface area contributed by atoms with E-state index in [9.17, 15) is 4.79 Å². The van der Waals surface area contributed by atoms with Gasteiger partial charge in [-0.25, -0.2) is 0 Å². The second-order valence-electron chi connectivity index (χ2n) is 7.93. The fourth-order valence-electron chi connectivity index (χ4n) is 4.24. The maximum Gasteiger partial charge on any atom is 0.237 e. The molecule has 0 spiro atoms. The van der Waals surface area contributed by atoms with Crippen LogP contribution in [-0.4, -0.2) is 48.6 Å². The normalized spacial score (nSPS) is 25.0. The zero-order valence-corrected chi connectivity index (χ0v) is 18.2. The van der Waals surface area contributed by atoms with E-state index in [1.54, 1.807) is 0 Å². The predicted molar refractivity (Wildman–Crippen MR) is 117 cm³/mol. The van der Waals surface area contributed by atoms with Crippen LogP contribution in [0, 0.1) is 5.92 Å². The number of benzene rings is 1. The van der Waals surface area contributed by atoms with Crippen molar-refractivity contribution in [3.8, 4) is 0 Å². The number of likely N-dealkylation sites (tertiary alicyclic amines) is 1. The number of hydrogen-bond donors (Lipinski definition) is 2. The molecule has 2 saturated heterocycles. The lowest BCUT2D eigenvalue weighted by atomic mass is 9.89. The van der Waals surface area contributed by atoms with Crippen molar-refractivity contribution < 1.29 is 4.79 Å². The number of rotatable bonds is 5. The summed E-state index contributed by atoms with van der Waals surface area (Å²) < 4.78 is 0. The molecule has 154 valence electrons. The van der Waals surface area contributed by atoms with E-state index in [4.69, 9.17) is 0 Å². The topological polar surface area (TPSA) is 44.4 Å². The minimum Gasteiger partial charge on any atom is -0.352 e. The van der Waals surface area contributed by atoms with Crippen LogP contribution in [0.5, 0.6) is 0 Å². The van der Waals surface area contributed by atoms with E-state index in [1.807, 2.05) is 0 Å². The number of hydrogen-bond acceptors (Lipinski definition) is 3. The Morgan fingerprint density at radius 3 is 2.48 bits per heavy atom. The smallest absolute Gasteiger partial charge is 0.237 e. The lowest BCUT2D eigenvalue weighted by molar-refractivity contribution is -0.127. The van der Waals surface area contributed by atoms with Gasteiger partial charge in [0.25, 0.3) is 0 Å². The number of halogens is 2. The average Bonchev–Trinajstić information content (AvgIpc) is 2.62. The van der Waals surface area contributed by atoms with E-state index in [0.29, 0.717) is 12.1 Å². The third-order valence-electron chi connectivity index (χ3n) is 5.91. The molecule has 2 N–H and O–H groups in total. The fourth-order valence-corrected chi connectivity index (χ4v) is 4.24. The van der Waals surface area contributed by atoms with Gasteiger partial charge in [0.1, 0.15) is 0 Å². The molecule has 2 fully saturated rings. The summed E-state index contributed by atoms with van der Waals surface area (Å²) >= 11 is 0. The molecule has 2 aliphatic rings. The Kier molecular flexibility index (Phi) is 10.7. The zero-order chi connectivity index (χ0) is 17.6. The van der Waals surface area contributed by atoms with Crippen LogP contribution in [0.3, 0.4) is 0 Å². The minimum atomic E-state index is -0.0112. The Labute approximate surface area is 176 Å². The second kappa shape index (κ2) is 11.9. The maximum absolute atomic E-state index is 12.6. The van der Waals surface area contributed by atoms with Gasteiger partial charge in [0.2, 0.25) is 5.91 Å². The van der Waals surface area contributed by atoms with Gasteiger partial charge in [0.05, 0.1) is 6.04 Å². The van der Waals surface area contributed by atoms with E-state index in [1.165, 1.54) is 24.8 Å². The first kappa shape index (κ1) is 24.2. The molecule has 3 atom stereocenters. The van der Waals surface area contributed by atoms with Crippen molar-refractivity contribution >= 4 is 30.7 Å². The number of carbonyl (C=O) groups excluding carboxylic acids is 1. The lowest BCUT2D eigenvalue weighted by Crippen LogP contribution is -2.53. The third kappa shape index (κ3) is 7.26. The van der Waals surface area contributed by atoms with Crippen molar-refractivity contribution in [2.24, 2.45) is 5.92 Å². The average molecular weight is 416 g/mol. The van der Waals surface area contributed by atoms with Crippen molar-refractivity contribution in [2.45, 2.75) is 64.1 Å². The molecule has 0 aromatic heterocycles. The second-order valence-corrected chi connectivity index (χ2v) is 7.93. The monoisotopic (exact) mass is 415 g/mol. The van der Waals surface area contributed by atoms with Crippen LogP contribution in [0.2, 0.25) is 0 Å². The van der Waals surface area contributed by atoms with E-state index in [2.05, 4.69) is 59.7 Å². The third-order valence-corrected chi connectivity index (χ3v) is 5.91. The molecule has 1 aromatic rings. The summed E-state index contributed by atoms with van der Waals surface area (Å²) in [6, 6.07) is 11.6. The van der Waals surface area contributed by atoms with Gasteiger partial charge < -0.3 is 10.6 Å². The molecule has 0 saturated carbocycles. The quantitative estimate of drug-likeness (QED) is 0.773. The van der Waals surface area contributed by atoms with Gasteiger partial charge in [0, 0.05) is 12.1 Å². The number of carbonyl (C=O) groups is 1. The van der Waals surface area contributed by atoms with Crippen LogP contribution < -0.4 is 10.6 Å². The molecule has 6 heteroatoms. The standard InChI is InChI=1S/C21H33N3O.2ClH/c1-16-14-20(8-11-22-16)23-21(25)17(2)24-12-9-19(10-13-24)15-18-6-4-3-5-7-18;;/h3-7,16-17,19-20,22H,8-15H2,1-2H3,(H,23,25);2*1H. The number of piperidine rings is 2. The number of nitrogens with one attached hydrogen (secondary N) is 2. The van der Waals surface area contributed by atoms with E-state index in [0.717, 1.165) is 38.4 Å². The van der Waals surface area contributed by atoms with Crippen molar-refractivity contribution in [2.75, 3.05) is 19.6 Å². The van der Waals surface area contributed by atoms with E-state index >= 15 is 0 Å². The molecule has 3 unspecified atom stereocenters. The van der Waals surface area contributed by atoms with Gasteiger partial charge in [-0.15, -0.1) is 24.8 Å². The van der Waals surface area contributed by atoms with E-state index < -0.39 is 0 Å². The summed E-state index contributed by atoms with van der Waals surface area (Å²) in [7, 11) is 0. The summed E-state index contributed by atoms with van der Waals surface area (Å²) in [5.74, 6) is 0.958. The highest BCUT2D eigenvalue weighted by Crippen LogP contribution is 2.23. The van der Waals surface area contributed by atoms with Crippen LogP contribution in [-0.2, 0) is 11.2 Å². The van der Waals surface area contributed by atoms with Gasteiger partial charge in [-0.2, -0.15) is 0 Å².